The summed E-state index contributed by atoms with van der Waals surface area (Å²) in [6.07, 6.45) is 3.42. The highest BCUT2D eigenvalue weighted by Crippen LogP contribution is 2.23. The molecule has 2 aromatic carbocycles. The van der Waals surface area contributed by atoms with Crippen LogP contribution in [0.15, 0.2) is 71.2 Å². The lowest BCUT2D eigenvalue weighted by atomic mass is 10.1. The molecule has 0 saturated carbocycles. The molecule has 0 radical (unpaired) electrons. The average molecular weight is 524 g/mol. The van der Waals surface area contributed by atoms with E-state index < -0.39 is 11.1 Å². The van der Waals surface area contributed by atoms with Crippen molar-refractivity contribution in [3.05, 3.63) is 71.9 Å². The van der Waals surface area contributed by atoms with Crippen LogP contribution in [0.25, 0.3) is 10.9 Å². The van der Waals surface area contributed by atoms with Gasteiger partial charge in [0.2, 0.25) is 5.91 Å². The molecule has 36 heavy (non-hydrogen) atoms. The van der Waals surface area contributed by atoms with Crippen molar-refractivity contribution >= 4 is 50.0 Å². The highest BCUT2D eigenvalue weighted by molar-refractivity contribution is 7.79. The normalized spacial score (nSPS) is 16.2. The van der Waals surface area contributed by atoms with Crippen molar-refractivity contribution in [2.45, 2.75) is 24.4 Å². The van der Waals surface area contributed by atoms with Gasteiger partial charge in [-0.3, -0.25) is 9.00 Å². The third-order valence-electron chi connectivity index (χ3n) is 6.01. The van der Waals surface area contributed by atoms with Crippen molar-refractivity contribution in [2.24, 2.45) is 0 Å². The zero-order valence-electron chi connectivity index (χ0n) is 19.6. The summed E-state index contributed by atoms with van der Waals surface area (Å²) in [7, 11) is 0. The summed E-state index contributed by atoms with van der Waals surface area (Å²) in [4.78, 5) is 21.0. The van der Waals surface area contributed by atoms with Gasteiger partial charge >= 0.3 is 0 Å². The monoisotopic (exact) mass is 523 g/mol. The number of rotatable bonds is 4. The van der Waals surface area contributed by atoms with Gasteiger partial charge in [0, 0.05) is 66.4 Å². The first kappa shape index (κ1) is 25.4. The molecule has 0 aliphatic carbocycles. The molecule has 9 nitrogen and oxygen atoms in total. The lowest BCUT2D eigenvalue weighted by Gasteiger charge is -2.41. The largest absolute Gasteiger partial charge is 0.768 e. The first-order valence-electron chi connectivity index (χ1n) is 11.2. The number of nitrogen functional groups attached to an aromatic ring is 1. The van der Waals surface area contributed by atoms with Crippen LogP contribution in [0.2, 0.25) is 0 Å². The molecule has 1 fully saturated rings. The minimum atomic E-state index is -2.23. The van der Waals surface area contributed by atoms with Crippen LogP contribution in [0, 0.1) is 11.3 Å². The second kappa shape index (κ2) is 11.3. The van der Waals surface area contributed by atoms with E-state index in [1.165, 1.54) is 11.3 Å². The maximum Gasteiger partial charge on any atom is 0.242 e. The molecule has 0 spiro atoms. The van der Waals surface area contributed by atoms with Crippen LogP contribution in [-0.4, -0.2) is 54.8 Å². The van der Waals surface area contributed by atoms with Crippen molar-refractivity contribution in [1.82, 2.24) is 14.5 Å². The van der Waals surface area contributed by atoms with Gasteiger partial charge in [0.1, 0.15) is 12.6 Å². The molecule has 3 heterocycles. The fourth-order valence-corrected chi connectivity index (χ4v) is 5.01. The maximum absolute atomic E-state index is 13.0. The summed E-state index contributed by atoms with van der Waals surface area (Å²) < 4.78 is 23.9. The number of fused-ring (bicyclic) bond motifs is 1. The van der Waals surface area contributed by atoms with Gasteiger partial charge in [-0.1, -0.05) is 18.2 Å². The minimum Gasteiger partial charge on any atom is -0.768 e. The van der Waals surface area contributed by atoms with E-state index in [2.05, 4.69) is 16.0 Å². The second-order valence-electron chi connectivity index (χ2n) is 8.28. The van der Waals surface area contributed by atoms with Crippen LogP contribution in [-0.2, 0) is 22.4 Å². The standard InChI is InChI=1S/C22H22N4O3S.C3H4N2S.H2/c1-16-13-24(18-6-8-19(9-7-18)30(28)29)10-11-26(16)22(27)15-25-14-17(12-23)20-4-2-3-5-21(20)25;4-3-5-1-2-6-3;/h2-9,14,16H,10-11,13,15H2,1H3,(H,28,29);1-2H,(H2,4,5);1H/p-1. The maximum atomic E-state index is 13.0. The molecule has 1 saturated heterocycles. The van der Waals surface area contributed by atoms with Crippen molar-refractivity contribution in [2.75, 3.05) is 30.3 Å². The molecule has 5 rings (SSSR count). The summed E-state index contributed by atoms with van der Waals surface area (Å²) in [5.74, 6) is 0.0180. The van der Waals surface area contributed by atoms with Crippen LogP contribution in [0.1, 0.15) is 13.9 Å². The number of carbonyl (C=O) groups is 1. The van der Waals surface area contributed by atoms with Gasteiger partial charge in [0.15, 0.2) is 5.13 Å². The van der Waals surface area contributed by atoms with Crippen LogP contribution in [0.3, 0.4) is 0 Å². The summed E-state index contributed by atoms with van der Waals surface area (Å²) in [6, 6.07) is 16.6. The van der Waals surface area contributed by atoms with Gasteiger partial charge < -0.3 is 24.7 Å². The summed E-state index contributed by atoms with van der Waals surface area (Å²) in [6.45, 7) is 4.13. The highest BCUT2D eigenvalue weighted by Gasteiger charge is 2.28. The number of nitriles is 1. The number of thiazole rings is 1. The van der Waals surface area contributed by atoms with Gasteiger partial charge in [0.25, 0.3) is 0 Å². The van der Waals surface area contributed by atoms with E-state index in [0.29, 0.717) is 30.3 Å². The molecule has 2 N–H and O–H groups in total. The van der Waals surface area contributed by atoms with Gasteiger partial charge in [-0.25, -0.2) is 4.98 Å². The number of anilines is 2. The molecule has 188 valence electrons. The Hall–Kier alpha value is -3.72. The van der Waals surface area contributed by atoms with E-state index in [1.54, 1.807) is 36.7 Å². The molecular weight excluding hydrogens is 496 g/mol. The fourth-order valence-electron chi connectivity index (χ4n) is 4.27. The van der Waals surface area contributed by atoms with Gasteiger partial charge in [0.05, 0.1) is 5.56 Å². The molecule has 1 aliphatic heterocycles. The molecule has 0 bridgehead atoms. The Kier molecular flexibility index (Phi) is 8.00. The summed E-state index contributed by atoms with van der Waals surface area (Å²) >= 11 is -0.789. The second-order valence-corrected chi connectivity index (χ2v) is 10.1. The number of para-hydroxylation sites is 1. The Morgan fingerprint density at radius 3 is 2.61 bits per heavy atom. The predicted octanol–water partition coefficient (Wildman–Crippen LogP) is 3.46. The van der Waals surface area contributed by atoms with Crippen molar-refractivity contribution in [1.29, 1.82) is 5.26 Å². The molecule has 2 atom stereocenters. The number of benzene rings is 2. The fraction of sp³-hybridized carbons (Fsp3) is 0.240. The Bertz CT molecular complexity index is 1400. The Morgan fingerprint density at radius 1 is 1.28 bits per heavy atom. The third kappa shape index (κ3) is 5.73. The van der Waals surface area contributed by atoms with E-state index in [1.807, 2.05) is 46.0 Å². The number of hydrogen-bond donors (Lipinski definition) is 1. The van der Waals surface area contributed by atoms with Crippen LogP contribution >= 0.6 is 11.3 Å². The van der Waals surface area contributed by atoms with Crippen LogP contribution < -0.4 is 10.6 Å². The number of amides is 1. The molecule has 4 aromatic rings. The lowest BCUT2D eigenvalue weighted by Crippen LogP contribution is -2.54. The third-order valence-corrected chi connectivity index (χ3v) is 7.27. The van der Waals surface area contributed by atoms with E-state index in [4.69, 9.17) is 5.73 Å². The first-order valence-corrected chi connectivity index (χ1v) is 13.2. The van der Waals surface area contributed by atoms with E-state index in [0.717, 1.165) is 16.6 Å². The van der Waals surface area contributed by atoms with E-state index in [9.17, 15) is 18.8 Å². The van der Waals surface area contributed by atoms with Crippen molar-refractivity contribution < 1.29 is 15.0 Å². The van der Waals surface area contributed by atoms with Gasteiger partial charge in [-0.2, -0.15) is 5.26 Å². The zero-order valence-corrected chi connectivity index (χ0v) is 21.2. The lowest BCUT2D eigenvalue weighted by molar-refractivity contribution is -0.134. The first-order chi connectivity index (χ1) is 17.4. The van der Waals surface area contributed by atoms with Gasteiger partial charge in [-0.05, 0) is 48.3 Å². The quantitative estimate of drug-likeness (QED) is 0.405. The molecule has 11 heteroatoms. The molecule has 1 amide bonds. The molecular formula is C25H27N6O3S2-. The summed E-state index contributed by atoms with van der Waals surface area (Å²) in [5.41, 5.74) is 7.58. The minimum absolute atomic E-state index is 0. The van der Waals surface area contributed by atoms with Crippen molar-refractivity contribution in [3.8, 4) is 6.07 Å². The molecule has 1 aliphatic rings. The highest BCUT2D eigenvalue weighted by atomic mass is 32.2. The zero-order chi connectivity index (χ0) is 25.7. The number of nitrogens with zero attached hydrogens (tertiary/aromatic N) is 5. The van der Waals surface area contributed by atoms with Gasteiger partial charge in [-0.15, -0.1) is 11.3 Å². The average Bonchev–Trinajstić information content (AvgIpc) is 3.51. The Morgan fingerprint density at radius 2 is 2.03 bits per heavy atom. The predicted molar refractivity (Wildman–Crippen MR) is 142 cm³/mol. The SMILES string of the molecule is CC1CN(c2ccc(S(=O)[O-])cc2)CCN1C(=O)Cn1cc(C#N)c2ccccc21.Nc1nccs1.[HH]. The number of carbonyl (C=O) groups excluding carboxylic acids is 1. The molecule has 2 aromatic heterocycles. The van der Waals surface area contributed by atoms with Crippen LogP contribution in [0.4, 0.5) is 10.8 Å². The van der Waals surface area contributed by atoms with E-state index in [-0.39, 0.29) is 24.8 Å². The number of aromatic nitrogens is 2. The summed E-state index contributed by atoms with van der Waals surface area (Å²) in [5, 5.41) is 12.7. The Balaban J connectivity index is 0.000000479. The molecule has 2 unspecified atom stereocenters. The van der Waals surface area contributed by atoms with Crippen LogP contribution in [0.5, 0.6) is 0 Å². The van der Waals surface area contributed by atoms with Crippen molar-refractivity contribution in [3.63, 3.8) is 0 Å². The topological polar surface area (TPSA) is 131 Å². The Labute approximate surface area is 217 Å². The number of hydrogen-bond acceptors (Lipinski definition) is 8. The number of piperazine rings is 1. The number of nitrogens with two attached hydrogens (primary N) is 1. The smallest absolute Gasteiger partial charge is 0.242 e. The van der Waals surface area contributed by atoms with E-state index >= 15 is 0 Å².